The fourth-order valence-electron chi connectivity index (χ4n) is 1.37. The van der Waals surface area contributed by atoms with E-state index in [0.29, 0.717) is 22.7 Å². The van der Waals surface area contributed by atoms with Crippen LogP contribution in [0.3, 0.4) is 0 Å². The largest absolute Gasteiger partial charge is 0.481 e. The molecule has 2 aromatic rings. The number of carboxylic acids is 1. The molecule has 0 aliphatic heterocycles. The highest BCUT2D eigenvalue weighted by Crippen LogP contribution is 2.18. The lowest BCUT2D eigenvalue weighted by molar-refractivity contribution is -0.133. The zero-order valence-corrected chi connectivity index (χ0v) is 10.8. The van der Waals surface area contributed by atoms with Crippen LogP contribution in [0.4, 0.5) is 0 Å². The van der Waals surface area contributed by atoms with Gasteiger partial charge in [-0.3, -0.25) is 9.36 Å². The van der Waals surface area contributed by atoms with Crippen LogP contribution in [-0.4, -0.2) is 46.8 Å². The summed E-state index contributed by atoms with van der Waals surface area (Å²) in [6, 6.07) is 0. The number of aryl methyl sites for hydroxylation is 1. The fraction of sp³-hybridized carbons (Fsp3) is 0.444. The van der Waals surface area contributed by atoms with Crippen LogP contribution in [0.15, 0.2) is 9.68 Å². The molecule has 0 unspecified atom stereocenters. The standard InChI is InChI=1S/C9H11N5O4S/c1-5-10-7(18-13-5)2-14-6(3-15)11-12-9(14)19-4-8(16)17/h15H,2-4H2,1H3,(H,16,17). The molecule has 2 N–H and O–H groups in total. The Labute approximate surface area is 111 Å². The number of carboxylic acid groups (broad SMARTS) is 1. The molecule has 0 aliphatic rings. The van der Waals surface area contributed by atoms with Crippen molar-refractivity contribution >= 4 is 17.7 Å². The topological polar surface area (TPSA) is 127 Å². The highest BCUT2D eigenvalue weighted by molar-refractivity contribution is 7.99. The van der Waals surface area contributed by atoms with Gasteiger partial charge in [-0.25, -0.2) is 0 Å². The predicted octanol–water partition coefficient (Wildman–Crippen LogP) is -0.313. The molecule has 0 amide bonds. The van der Waals surface area contributed by atoms with Crippen molar-refractivity contribution in [2.24, 2.45) is 0 Å². The number of aliphatic hydroxyl groups is 1. The molecule has 9 nitrogen and oxygen atoms in total. The van der Waals surface area contributed by atoms with Crippen molar-refractivity contribution in [3.05, 3.63) is 17.5 Å². The van der Waals surface area contributed by atoms with E-state index in [9.17, 15) is 9.90 Å². The summed E-state index contributed by atoms with van der Waals surface area (Å²) in [4.78, 5) is 14.6. The highest BCUT2D eigenvalue weighted by atomic mass is 32.2. The van der Waals surface area contributed by atoms with Gasteiger partial charge in [-0.05, 0) is 6.92 Å². The summed E-state index contributed by atoms with van der Waals surface area (Å²) >= 11 is 1.01. The fourth-order valence-corrected chi connectivity index (χ4v) is 2.04. The second-order valence-corrected chi connectivity index (χ2v) is 4.50. The van der Waals surface area contributed by atoms with Crippen LogP contribution in [0, 0.1) is 6.92 Å². The minimum absolute atomic E-state index is 0.146. The van der Waals surface area contributed by atoms with Crippen LogP contribution in [-0.2, 0) is 17.9 Å². The maximum absolute atomic E-state index is 10.6. The van der Waals surface area contributed by atoms with E-state index in [1.54, 1.807) is 11.5 Å². The molecule has 2 heterocycles. The Hall–Kier alpha value is -1.94. The van der Waals surface area contributed by atoms with E-state index in [4.69, 9.17) is 9.63 Å². The monoisotopic (exact) mass is 285 g/mol. The average Bonchev–Trinajstić information content (AvgIpc) is 2.94. The van der Waals surface area contributed by atoms with Gasteiger partial charge in [-0.1, -0.05) is 16.9 Å². The minimum Gasteiger partial charge on any atom is -0.481 e. The Balaban J connectivity index is 2.20. The van der Waals surface area contributed by atoms with E-state index in [0.717, 1.165) is 11.8 Å². The Bertz CT molecular complexity index is 581. The number of aromatic nitrogens is 5. The first-order valence-corrected chi connectivity index (χ1v) is 6.25. The molecule has 0 aliphatic carbocycles. The van der Waals surface area contributed by atoms with Gasteiger partial charge in [0.25, 0.3) is 0 Å². The van der Waals surface area contributed by atoms with Crippen LogP contribution in [0.25, 0.3) is 0 Å². The number of rotatable bonds is 6. The van der Waals surface area contributed by atoms with E-state index in [-0.39, 0.29) is 18.9 Å². The van der Waals surface area contributed by atoms with Gasteiger partial charge in [-0.2, -0.15) is 4.98 Å². The van der Waals surface area contributed by atoms with Crippen LogP contribution < -0.4 is 0 Å². The van der Waals surface area contributed by atoms with Gasteiger partial charge >= 0.3 is 5.97 Å². The summed E-state index contributed by atoms with van der Waals surface area (Å²) in [5.41, 5.74) is 0. The number of hydrogen-bond donors (Lipinski definition) is 2. The van der Waals surface area contributed by atoms with Crippen molar-refractivity contribution in [2.45, 2.75) is 25.2 Å². The smallest absolute Gasteiger partial charge is 0.313 e. The summed E-state index contributed by atoms with van der Waals surface area (Å²) in [6.07, 6.45) is 0. The van der Waals surface area contributed by atoms with Gasteiger partial charge in [0.2, 0.25) is 5.89 Å². The zero-order valence-electron chi connectivity index (χ0n) is 9.98. The molecular weight excluding hydrogens is 274 g/mol. The first kappa shape index (κ1) is 13.5. The molecule has 0 saturated heterocycles. The van der Waals surface area contributed by atoms with Gasteiger partial charge < -0.3 is 14.7 Å². The molecule has 0 radical (unpaired) electrons. The van der Waals surface area contributed by atoms with E-state index >= 15 is 0 Å². The summed E-state index contributed by atoms with van der Waals surface area (Å²) in [6.45, 7) is 1.56. The lowest BCUT2D eigenvalue weighted by Crippen LogP contribution is -2.08. The number of aliphatic carboxylic acids is 1. The third-order valence-electron chi connectivity index (χ3n) is 2.12. The normalized spacial score (nSPS) is 10.8. The van der Waals surface area contributed by atoms with Gasteiger partial charge in [-0.15, -0.1) is 10.2 Å². The van der Waals surface area contributed by atoms with Gasteiger partial charge in [0, 0.05) is 0 Å². The highest BCUT2D eigenvalue weighted by Gasteiger charge is 2.16. The van der Waals surface area contributed by atoms with Crippen molar-refractivity contribution in [2.75, 3.05) is 5.75 Å². The third-order valence-corrected chi connectivity index (χ3v) is 3.07. The quantitative estimate of drug-likeness (QED) is 0.686. The first-order valence-electron chi connectivity index (χ1n) is 5.27. The van der Waals surface area contributed by atoms with E-state index in [1.807, 2.05) is 0 Å². The van der Waals surface area contributed by atoms with Gasteiger partial charge in [0.05, 0.1) is 5.75 Å². The lowest BCUT2D eigenvalue weighted by Gasteiger charge is -2.04. The SMILES string of the molecule is Cc1noc(Cn2c(CO)nnc2SCC(=O)O)n1. The van der Waals surface area contributed by atoms with E-state index in [1.165, 1.54) is 0 Å². The van der Waals surface area contributed by atoms with Gasteiger partial charge in [0.1, 0.15) is 13.2 Å². The molecule has 19 heavy (non-hydrogen) atoms. The summed E-state index contributed by atoms with van der Waals surface area (Å²) in [7, 11) is 0. The molecule has 10 heteroatoms. The first-order chi connectivity index (χ1) is 9.10. The maximum Gasteiger partial charge on any atom is 0.313 e. The Morgan fingerprint density at radius 2 is 2.26 bits per heavy atom. The van der Waals surface area contributed by atoms with Crippen LogP contribution in [0.1, 0.15) is 17.5 Å². The second kappa shape index (κ2) is 5.80. The number of thioether (sulfide) groups is 1. The molecule has 2 rings (SSSR count). The second-order valence-electron chi connectivity index (χ2n) is 3.56. The van der Waals surface area contributed by atoms with Crippen molar-refractivity contribution in [1.82, 2.24) is 24.9 Å². The van der Waals surface area contributed by atoms with Crippen LogP contribution in [0.5, 0.6) is 0 Å². The Kier molecular flexibility index (Phi) is 4.12. The third kappa shape index (κ3) is 3.29. The molecule has 0 fully saturated rings. The number of hydrogen-bond acceptors (Lipinski definition) is 8. The molecule has 0 spiro atoms. The van der Waals surface area contributed by atoms with Crippen LogP contribution in [0.2, 0.25) is 0 Å². The maximum atomic E-state index is 10.6. The summed E-state index contributed by atoms with van der Waals surface area (Å²) < 4.78 is 6.52. The Morgan fingerprint density at radius 1 is 1.47 bits per heavy atom. The van der Waals surface area contributed by atoms with Crippen LogP contribution >= 0.6 is 11.8 Å². The van der Waals surface area contributed by atoms with Crippen molar-refractivity contribution in [3.8, 4) is 0 Å². The zero-order chi connectivity index (χ0) is 13.8. The summed E-state index contributed by atoms with van der Waals surface area (Å²) in [5.74, 6) is 0.0342. The van der Waals surface area contributed by atoms with Crippen molar-refractivity contribution in [3.63, 3.8) is 0 Å². The molecule has 0 atom stereocenters. The van der Waals surface area contributed by atoms with E-state index in [2.05, 4.69) is 20.3 Å². The average molecular weight is 285 g/mol. The summed E-state index contributed by atoms with van der Waals surface area (Å²) in [5, 5.41) is 29.5. The van der Waals surface area contributed by atoms with Crippen molar-refractivity contribution in [1.29, 1.82) is 0 Å². The number of aliphatic hydroxyl groups excluding tert-OH is 1. The predicted molar refractivity (Wildman–Crippen MR) is 62.4 cm³/mol. The van der Waals surface area contributed by atoms with E-state index < -0.39 is 5.97 Å². The van der Waals surface area contributed by atoms with Crippen molar-refractivity contribution < 1.29 is 19.5 Å². The molecule has 0 saturated carbocycles. The number of nitrogens with zero attached hydrogens (tertiary/aromatic N) is 5. The lowest BCUT2D eigenvalue weighted by atomic mass is 10.5. The number of carbonyl (C=O) groups is 1. The molecular formula is C9H11N5O4S. The van der Waals surface area contributed by atoms with Gasteiger partial charge in [0.15, 0.2) is 16.8 Å². The molecule has 102 valence electrons. The molecule has 0 bridgehead atoms. The molecule has 0 aromatic carbocycles. The minimum atomic E-state index is -0.960. The molecule has 2 aromatic heterocycles. The Morgan fingerprint density at radius 3 is 2.84 bits per heavy atom.